The highest BCUT2D eigenvalue weighted by Gasteiger charge is 2.58. The van der Waals surface area contributed by atoms with E-state index >= 15 is 4.39 Å². The zero-order valence-electron chi connectivity index (χ0n) is 33.7. The molecule has 0 spiro atoms. The van der Waals surface area contributed by atoms with Crippen molar-refractivity contribution < 1.29 is 52.4 Å². The number of ketones is 2. The smallest absolute Gasteiger partial charge is 0.408 e. The molecule has 3 aliphatic rings. The number of likely N-dealkylation sites (N-methyl/N-ethyl adjacent to an activating group) is 1. The van der Waals surface area contributed by atoms with Gasteiger partial charge in [0.1, 0.15) is 18.0 Å². The monoisotopic (exact) mass is 806 g/mol. The fourth-order valence-corrected chi connectivity index (χ4v) is 8.81. The van der Waals surface area contributed by atoms with E-state index in [-0.39, 0.29) is 37.4 Å². The number of ether oxygens (including phenoxy) is 5. The fraction of sp³-hybridized carbons (Fsp3) is 0.711. The molecule has 0 saturated carbocycles. The molecule has 3 aliphatic heterocycles. The Morgan fingerprint density at radius 1 is 1.16 bits per heavy atom. The number of hydrogen-bond donors (Lipinski definition) is 2. The first-order chi connectivity index (χ1) is 26.2. The molecule has 3 saturated heterocycles. The number of nitrogens with one attached hydrogen (secondary N) is 1. The Labute approximate surface area is 330 Å². The summed E-state index contributed by atoms with van der Waals surface area (Å²) < 4.78 is 47.0. The summed E-state index contributed by atoms with van der Waals surface area (Å²) in [7, 11) is 5.30. The number of alkyl halides is 1. The van der Waals surface area contributed by atoms with Gasteiger partial charge in [0.05, 0.1) is 42.4 Å². The second-order valence-corrected chi connectivity index (χ2v) is 17.1. The van der Waals surface area contributed by atoms with Crippen molar-refractivity contribution in [3.8, 4) is 10.7 Å². The number of nitrogens with zero attached hydrogens (tertiary/aromatic N) is 5. The highest BCUT2D eigenvalue weighted by Crippen LogP contribution is 2.40. The van der Waals surface area contributed by atoms with Gasteiger partial charge in [-0.15, -0.1) is 21.5 Å². The molecule has 310 valence electrons. The molecular formula is C38H55FN6O10S. The third-order valence-electron chi connectivity index (χ3n) is 11.3. The number of rotatable bonds is 9. The summed E-state index contributed by atoms with van der Waals surface area (Å²) >= 11 is 1.43. The number of carbonyl (C=O) groups excluding carboxylic acids is 4. The summed E-state index contributed by atoms with van der Waals surface area (Å²) in [5.74, 6) is -4.07. The number of aryl methyl sites for hydroxylation is 1. The Kier molecular flexibility index (Phi) is 13.2. The number of carbonyl (C=O) groups is 4. The van der Waals surface area contributed by atoms with Crippen molar-refractivity contribution in [3.63, 3.8) is 0 Å². The summed E-state index contributed by atoms with van der Waals surface area (Å²) in [5, 5.41) is 26.3. The first-order valence-corrected chi connectivity index (χ1v) is 19.8. The second-order valence-electron chi connectivity index (χ2n) is 16.0. The lowest BCUT2D eigenvalue weighted by Gasteiger charge is -2.46. The highest BCUT2D eigenvalue weighted by atomic mass is 32.1. The lowest BCUT2D eigenvalue weighted by molar-refractivity contribution is -0.291. The maximum atomic E-state index is 16.6. The standard InChI is InChI=1S/C38H55FN6O10S/c1-11-27-38(7)31(40-35(50)55-38)22(4)29(47)20(2)19-36(5,51-16-12-13-23-14-15-25(56-23)32-41-43-45(10)42-32)28(18-26(46)37(6,39)34(49)54-27)53-33-30(48)24(44(8)9)17-21(3)52-33/h12-15,20-22,24,27-28,30-31,33,48H,11,16-19H2,1-10H3,(H,40,50)/b13-12+/t20-,21-,22+,24+,27+,28-,30-,31-,33?,36+,37+,38-/m1/s1. The van der Waals surface area contributed by atoms with Crippen molar-refractivity contribution >= 4 is 41.0 Å². The average molecular weight is 807 g/mol. The molecule has 1 unspecified atom stereocenters. The second kappa shape index (κ2) is 17.0. The van der Waals surface area contributed by atoms with E-state index in [1.54, 1.807) is 40.8 Å². The quantitative estimate of drug-likeness (QED) is 0.276. The number of hydrogen-bond acceptors (Lipinski definition) is 15. The van der Waals surface area contributed by atoms with Crippen LogP contribution in [0.5, 0.6) is 0 Å². The molecule has 2 N–H and O–H groups in total. The van der Waals surface area contributed by atoms with Crippen LogP contribution in [-0.2, 0) is 45.1 Å². The zero-order chi connectivity index (χ0) is 41.3. The van der Waals surface area contributed by atoms with Crippen LogP contribution in [0.2, 0.25) is 0 Å². The number of Topliss-reactive ketones (excluding diaryl/α,β-unsaturated/α-hetero) is 2. The van der Waals surface area contributed by atoms with Gasteiger partial charge in [0.2, 0.25) is 5.82 Å². The first-order valence-electron chi connectivity index (χ1n) is 19.0. The van der Waals surface area contributed by atoms with Crippen LogP contribution in [0, 0.1) is 11.8 Å². The van der Waals surface area contributed by atoms with Crippen LogP contribution in [0.15, 0.2) is 18.2 Å². The first kappa shape index (κ1) is 43.4. The van der Waals surface area contributed by atoms with E-state index in [0.29, 0.717) is 12.2 Å². The summed E-state index contributed by atoms with van der Waals surface area (Å²) in [6, 6.07) is 2.41. The van der Waals surface area contributed by atoms with Crippen LogP contribution in [0.4, 0.5) is 9.18 Å². The van der Waals surface area contributed by atoms with Gasteiger partial charge in [-0.3, -0.25) is 9.59 Å². The van der Waals surface area contributed by atoms with Gasteiger partial charge < -0.3 is 39.0 Å². The van der Waals surface area contributed by atoms with Gasteiger partial charge in [-0.05, 0) is 84.5 Å². The lowest BCUT2D eigenvalue weighted by Crippen LogP contribution is -2.60. The molecule has 5 heterocycles. The number of aliphatic hydroxyl groups is 1. The highest BCUT2D eigenvalue weighted by molar-refractivity contribution is 7.16. The molecule has 16 nitrogen and oxygen atoms in total. The number of alkyl carbamates (subject to hydrolysis) is 1. The molecule has 18 heteroatoms. The van der Waals surface area contributed by atoms with Gasteiger partial charge in [0, 0.05) is 29.2 Å². The Hall–Kier alpha value is -3.68. The molecule has 0 aliphatic carbocycles. The fourth-order valence-electron chi connectivity index (χ4n) is 7.95. The number of aliphatic hydroxyl groups excluding tert-OH is 1. The molecule has 3 fully saturated rings. The maximum Gasteiger partial charge on any atom is 0.408 e. The minimum Gasteiger partial charge on any atom is -0.455 e. The minimum atomic E-state index is -3.17. The Morgan fingerprint density at radius 3 is 2.52 bits per heavy atom. The van der Waals surface area contributed by atoms with E-state index in [4.69, 9.17) is 23.7 Å². The zero-order valence-corrected chi connectivity index (χ0v) is 34.5. The number of esters is 1. The van der Waals surface area contributed by atoms with Crippen molar-refractivity contribution in [2.45, 2.75) is 134 Å². The molecule has 1 amide bonds. The van der Waals surface area contributed by atoms with E-state index in [9.17, 15) is 24.3 Å². The molecule has 2 aromatic heterocycles. The van der Waals surface area contributed by atoms with Gasteiger partial charge in [0.25, 0.3) is 5.67 Å². The normalized spacial score (nSPS) is 37.6. The van der Waals surface area contributed by atoms with Crippen molar-refractivity contribution in [1.29, 1.82) is 0 Å². The number of tetrazole rings is 1. The largest absolute Gasteiger partial charge is 0.455 e. The third kappa shape index (κ3) is 9.05. The molecule has 2 aromatic rings. The van der Waals surface area contributed by atoms with Crippen LogP contribution >= 0.6 is 11.3 Å². The average Bonchev–Trinajstić information content (AvgIpc) is 3.87. The SMILES string of the molecule is CC[C@@H]1OC(=O)[C@@](C)(F)C(=O)C[C@@H](OC2O[C@H](C)C[C@H](N(C)C)[C@H]2O)[C@@](C)(OC/C=C/c2ccc(-c3nnn(C)n3)s2)C[C@@H](C)C(=O)[C@H](C)[C@H]2NC(=O)O[C@]12C. The summed E-state index contributed by atoms with van der Waals surface area (Å²) in [5.41, 5.74) is -6.25. The Morgan fingerprint density at radius 2 is 1.88 bits per heavy atom. The van der Waals surface area contributed by atoms with Gasteiger partial charge in [0.15, 0.2) is 17.7 Å². The molecule has 5 rings (SSSR count). The van der Waals surface area contributed by atoms with Crippen molar-refractivity contribution in [2.24, 2.45) is 18.9 Å². The number of fused-ring (bicyclic) bond motifs is 1. The molecular weight excluding hydrogens is 752 g/mol. The van der Waals surface area contributed by atoms with Crippen molar-refractivity contribution in [1.82, 2.24) is 30.4 Å². The minimum absolute atomic E-state index is 0.0399. The van der Waals surface area contributed by atoms with Crippen LogP contribution in [-0.4, -0.2) is 134 Å². The van der Waals surface area contributed by atoms with Crippen molar-refractivity contribution in [2.75, 3.05) is 20.7 Å². The number of halogens is 1. The Balaban J connectivity index is 1.53. The molecule has 0 aromatic carbocycles. The van der Waals surface area contributed by atoms with Gasteiger partial charge in [-0.1, -0.05) is 26.8 Å². The van der Waals surface area contributed by atoms with Gasteiger partial charge in [-0.25, -0.2) is 14.0 Å². The van der Waals surface area contributed by atoms with E-state index in [1.807, 2.05) is 44.1 Å². The summed E-state index contributed by atoms with van der Waals surface area (Å²) in [6.45, 7) is 10.8. The molecule has 12 atom stereocenters. The predicted octanol–water partition coefficient (Wildman–Crippen LogP) is 3.66. The van der Waals surface area contributed by atoms with Crippen molar-refractivity contribution in [3.05, 3.63) is 23.1 Å². The van der Waals surface area contributed by atoms with Crippen LogP contribution in [0.1, 0.15) is 79.0 Å². The van der Waals surface area contributed by atoms with Gasteiger partial charge >= 0.3 is 12.1 Å². The number of thiophene rings is 1. The maximum absolute atomic E-state index is 16.6. The van der Waals surface area contributed by atoms with Crippen LogP contribution in [0.25, 0.3) is 16.8 Å². The van der Waals surface area contributed by atoms with E-state index in [0.717, 1.165) is 16.7 Å². The predicted molar refractivity (Wildman–Crippen MR) is 202 cm³/mol. The lowest BCUT2D eigenvalue weighted by atomic mass is 9.75. The molecule has 56 heavy (non-hydrogen) atoms. The number of aromatic nitrogens is 4. The molecule has 0 bridgehead atoms. The number of cyclic esters (lactones) is 1. The van der Waals surface area contributed by atoms with Gasteiger partial charge in [-0.2, -0.15) is 4.80 Å². The molecule has 0 radical (unpaired) electrons. The Bertz CT molecular complexity index is 1790. The summed E-state index contributed by atoms with van der Waals surface area (Å²) in [6.07, 6.45) is -2.78. The van der Waals surface area contributed by atoms with E-state index in [1.165, 1.54) is 23.1 Å². The summed E-state index contributed by atoms with van der Waals surface area (Å²) in [4.78, 5) is 59.5. The van der Waals surface area contributed by atoms with E-state index < -0.39 is 83.6 Å². The van der Waals surface area contributed by atoms with E-state index in [2.05, 4.69) is 20.7 Å². The van der Waals surface area contributed by atoms with Crippen LogP contribution in [0.3, 0.4) is 0 Å². The third-order valence-corrected chi connectivity index (χ3v) is 12.3. The topological polar surface area (TPSA) is 194 Å². The number of amides is 1. The van der Waals surface area contributed by atoms with Crippen LogP contribution < -0.4 is 5.32 Å².